The molecule has 0 radical (unpaired) electrons. The van der Waals surface area contributed by atoms with Crippen molar-refractivity contribution in [2.24, 2.45) is 0 Å². The SMILES string of the molecule is COc1ccccc1C(=O)NC1CCN(CCN2C(=O)c3ccccc3C2=O)CC1OC. The number of imide groups is 1. The second-order valence-electron chi connectivity index (χ2n) is 7.95. The Hall–Kier alpha value is -3.23. The zero-order valence-corrected chi connectivity index (χ0v) is 18.2. The minimum atomic E-state index is -0.243. The van der Waals surface area contributed by atoms with Crippen LogP contribution in [-0.4, -0.2) is 80.1 Å². The molecule has 2 heterocycles. The number of ether oxygens (including phenoxy) is 2. The van der Waals surface area contributed by atoms with Gasteiger partial charge in [0.1, 0.15) is 5.75 Å². The van der Waals surface area contributed by atoms with E-state index >= 15 is 0 Å². The lowest BCUT2D eigenvalue weighted by atomic mass is 10.0. The van der Waals surface area contributed by atoms with E-state index < -0.39 is 0 Å². The van der Waals surface area contributed by atoms with Crippen LogP contribution in [0, 0.1) is 0 Å². The Balaban J connectivity index is 1.34. The zero-order chi connectivity index (χ0) is 22.7. The lowest BCUT2D eigenvalue weighted by molar-refractivity contribution is 0.00450. The summed E-state index contributed by atoms with van der Waals surface area (Å²) < 4.78 is 10.9. The van der Waals surface area contributed by atoms with Crippen LogP contribution in [0.1, 0.15) is 37.5 Å². The van der Waals surface area contributed by atoms with Gasteiger partial charge in [0.2, 0.25) is 0 Å². The van der Waals surface area contributed by atoms with Gasteiger partial charge in [-0.1, -0.05) is 24.3 Å². The Morgan fingerprint density at radius 1 is 1.00 bits per heavy atom. The summed E-state index contributed by atoms with van der Waals surface area (Å²) in [5.41, 5.74) is 1.41. The number of piperidine rings is 1. The number of hydrogen-bond donors (Lipinski definition) is 1. The Kier molecular flexibility index (Phi) is 6.53. The van der Waals surface area contributed by atoms with Crippen LogP contribution >= 0.6 is 0 Å². The lowest BCUT2D eigenvalue weighted by Crippen LogP contribution is -2.55. The number of para-hydroxylation sites is 1. The molecular formula is C24H27N3O5. The third-order valence-electron chi connectivity index (χ3n) is 6.13. The number of nitrogens with one attached hydrogen (secondary N) is 1. The summed E-state index contributed by atoms with van der Waals surface area (Å²) >= 11 is 0. The average Bonchev–Trinajstić information content (AvgIpc) is 3.08. The van der Waals surface area contributed by atoms with E-state index in [0.29, 0.717) is 48.5 Å². The number of amides is 3. The van der Waals surface area contributed by atoms with Crippen molar-refractivity contribution in [1.29, 1.82) is 0 Å². The van der Waals surface area contributed by atoms with Gasteiger partial charge in [-0.25, -0.2) is 0 Å². The van der Waals surface area contributed by atoms with Crippen molar-refractivity contribution in [2.45, 2.75) is 18.6 Å². The number of fused-ring (bicyclic) bond motifs is 1. The maximum absolute atomic E-state index is 12.8. The number of rotatable bonds is 7. The Bertz CT molecular complexity index is 989. The molecule has 0 aliphatic carbocycles. The maximum atomic E-state index is 12.8. The van der Waals surface area contributed by atoms with Crippen LogP contribution < -0.4 is 10.1 Å². The summed E-state index contributed by atoms with van der Waals surface area (Å²) in [6, 6.07) is 13.9. The molecule has 1 saturated heterocycles. The van der Waals surface area contributed by atoms with Crippen LogP contribution in [0.2, 0.25) is 0 Å². The molecule has 2 atom stereocenters. The van der Waals surface area contributed by atoms with Crippen molar-refractivity contribution in [2.75, 3.05) is 40.4 Å². The maximum Gasteiger partial charge on any atom is 0.261 e. The molecule has 0 saturated carbocycles. The normalized spacial score (nSPS) is 20.9. The standard InChI is InChI=1S/C24H27N3O5/c1-31-20-10-6-5-9-18(20)22(28)25-19-11-12-26(15-21(19)32-2)13-14-27-23(29)16-7-3-4-8-17(16)24(27)30/h3-10,19,21H,11-15H2,1-2H3,(H,25,28). The molecule has 2 aliphatic rings. The van der Waals surface area contributed by atoms with E-state index in [1.54, 1.807) is 49.6 Å². The van der Waals surface area contributed by atoms with Gasteiger partial charge in [0.15, 0.2) is 0 Å². The molecule has 2 unspecified atom stereocenters. The molecule has 2 aliphatic heterocycles. The quantitative estimate of drug-likeness (QED) is 0.665. The molecule has 8 nitrogen and oxygen atoms in total. The number of methoxy groups -OCH3 is 2. The highest BCUT2D eigenvalue weighted by Gasteiger charge is 2.36. The highest BCUT2D eigenvalue weighted by Crippen LogP contribution is 2.23. The second-order valence-corrected chi connectivity index (χ2v) is 7.95. The van der Waals surface area contributed by atoms with Crippen LogP contribution in [-0.2, 0) is 4.74 Å². The van der Waals surface area contributed by atoms with Crippen LogP contribution in [0.5, 0.6) is 5.75 Å². The third-order valence-corrected chi connectivity index (χ3v) is 6.13. The fraction of sp³-hybridized carbons (Fsp3) is 0.375. The fourth-order valence-corrected chi connectivity index (χ4v) is 4.35. The number of likely N-dealkylation sites (tertiary alicyclic amines) is 1. The van der Waals surface area contributed by atoms with E-state index in [-0.39, 0.29) is 29.9 Å². The van der Waals surface area contributed by atoms with Gasteiger partial charge in [0.25, 0.3) is 17.7 Å². The van der Waals surface area contributed by atoms with Crippen molar-refractivity contribution in [1.82, 2.24) is 15.1 Å². The number of nitrogens with zero attached hydrogens (tertiary/aromatic N) is 2. The van der Waals surface area contributed by atoms with Crippen LogP contribution in [0.4, 0.5) is 0 Å². The Morgan fingerprint density at radius 2 is 1.66 bits per heavy atom. The first-order valence-corrected chi connectivity index (χ1v) is 10.7. The predicted octanol–water partition coefficient (Wildman–Crippen LogP) is 1.81. The number of hydrogen-bond acceptors (Lipinski definition) is 6. The minimum absolute atomic E-state index is 0.145. The van der Waals surface area contributed by atoms with Gasteiger partial charge in [-0.15, -0.1) is 0 Å². The molecule has 0 aromatic heterocycles. The van der Waals surface area contributed by atoms with Crippen molar-refractivity contribution in [3.05, 3.63) is 65.2 Å². The van der Waals surface area contributed by atoms with E-state index in [1.165, 1.54) is 12.0 Å². The first-order valence-electron chi connectivity index (χ1n) is 10.7. The van der Waals surface area contributed by atoms with E-state index in [2.05, 4.69) is 10.2 Å². The smallest absolute Gasteiger partial charge is 0.261 e. The Labute approximate surface area is 187 Å². The Morgan fingerprint density at radius 3 is 2.31 bits per heavy atom. The molecule has 32 heavy (non-hydrogen) atoms. The molecule has 168 valence electrons. The van der Waals surface area contributed by atoms with Crippen LogP contribution in [0.15, 0.2) is 48.5 Å². The van der Waals surface area contributed by atoms with Crippen molar-refractivity contribution < 1.29 is 23.9 Å². The molecule has 3 amide bonds. The van der Waals surface area contributed by atoms with Crippen LogP contribution in [0.3, 0.4) is 0 Å². The molecular weight excluding hydrogens is 410 g/mol. The molecule has 1 N–H and O–H groups in total. The number of carbonyl (C=O) groups is 3. The van der Waals surface area contributed by atoms with E-state index in [0.717, 1.165) is 6.54 Å². The lowest BCUT2D eigenvalue weighted by Gasteiger charge is -2.38. The van der Waals surface area contributed by atoms with Gasteiger partial charge in [-0.2, -0.15) is 0 Å². The summed E-state index contributed by atoms with van der Waals surface area (Å²) in [6.07, 6.45) is 0.492. The topological polar surface area (TPSA) is 88.2 Å². The molecule has 1 fully saturated rings. The summed E-state index contributed by atoms with van der Waals surface area (Å²) in [5.74, 6) is -0.160. The third kappa shape index (κ3) is 4.24. The molecule has 0 spiro atoms. The summed E-state index contributed by atoms with van der Waals surface area (Å²) in [6.45, 7) is 2.19. The molecule has 0 bridgehead atoms. The first kappa shape index (κ1) is 22.0. The van der Waals surface area contributed by atoms with E-state index in [4.69, 9.17) is 9.47 Å². The van der Waals surface area contributed by atoms with E-state index in [1.807, 2.05) is 6.07 Å². The number of carbonyl (C=O) groups excluding carboxylic acids is 3. The monoisotopic (exact) mass is 437 g/mol. The van der Waals surface area contributed by atoms with Gasteiger partial charge in [0, 0.05) is 33.3 Å². The van der Waals surface area contributed by atoms with E-state index in [9.17, 15) is 14.4 Å². The van der Waals surface area contributed by atoms with Crippen molar-refractivity contribution in [3.63, 3.8) is 0 Å². The van der Waals surface area contributed by atoms with Gasteiger partial charge in [0.05, 0.1) is 35.9 Å². The second kappa shape index (κ2) is 9.50. The minimum Gasteiger partial charge on any atom is -0.496 e. The highest BCUT2D eigenvalue weighted by molar-refractivity contribution is 6.21. The van der Waals surface area contributed by atoms with Crippen molar-refractivity contribution >= 4 is 17.7 Å². The molecule has 4 rings (SSSR count). The molecule has 2 aromatic rings. The fourth-order valence-electron chi connectivity index (χ4n) is 4.35. The highest BCUT2D eigenvalue weighted by atomic mass is 16.5. The zero-order valence-electron chi connectivity index (χ0n) is 18.2. The predicted molar refractivity (Wildman–Crippen MR) is 118 cm³/mol. The van der Waals surface area contributed by atoms with Gasteiger partial charge in [-0.05, 0) is 30.7 Å². The number of benzene rings is 2. The largest absolute Gasteiger partial charge is 0.496 e. The van der Waals surface area contributed by atoms with Gasteiger partial charge in [-0.3, -0.25) is 24.2 Å². The average molecular weight is 437 g/mol. The summed E-state index contributed by atoms with van der Waals surface area (Å²) in [7, 11) is 3.16. The van der Waals surface area contributed by atoms with Crippen molar-refractivity contribution in [3.8, 4) is 5.75 Å². The molecule has 2 aromatic carbocycles. The van der Waals surface area contributed by atoms with Gasteiger partial charge < -0.3 is 14.8 Å². The van der Waals surface area contributed by atoms with Crippen LogP contribution in [0.25, 0.3) is 0 Å². The molecule has 8 heteroatoms. The summed E-state index contributed by atoms with van der Waals surface area (Å²) in [4.78, 5) is 41.4. The van der Waals surface area contributed by atoms with Gasteiger partial charge >= 0.3 is 0 Å². The summed E-state index contributed by atoms with van der Waals surface area (Å²) in [5, 5.41) is 3.07. The first-order chi connectivity index (χ1) is 15.5.